The first-order valence-electron chi connectivity index (χ1n) is 7.15. The number of halogens is 5. The summed E-state index contributed by atoms with van der Waals surface area (Å²) in [5.74, 6) is -2.62. The van der Waals surface area contributed by atoms with E-state index < -0.39 is 23.8 Å². The summed E-state index contributed by atoms with van der Waals surface area (Å²) in [5.41, 5.74) is -0.970. The molecular formula is C16H8Cl2F3NO5. The molecule has 2 heterocycles. The maximum Gasteiger partial charge on any atom is 0.430 e. The summed E-state index contributed by atoms with van der Waals surface area (Å²) in [4.78, 5) is 11.1. The lowest BCUT2D eigenvalue weighted by atomic mass is 10.0. The minimum Gasteiger partial charge on any atom is -0.616 e. The lowest BCUT2D eigenvalue weighted by Crippen LogP contribution is -2.40. The quantitative estimate of drug-likeness (QED) is 0.592. The summed E-state index contributed by atoms with van der Waals surface area (Å²) < 4.78 is 49.8. The Morgan fingerprint density at radius 2 is 2.00 bits per heavy atom. The van der Waals surface area contributed by atoms with Crippen LogP contribution < -0.4 is 14.2 Å². The number of carbonyl (C=O) groups is 1. The second kappa shape index (κ2) is 6.82. The molecule has 0 saturated carbocycles. The van der Waals surface area contributed by atoms with Gasteiger partial charge in [-0.3, -0.25) is 0 Å². The van der Waals surface area contributed by atoms with Gasteiger partial charge in [0, 0.05) is 17.7 Å². The van der Waals surface area contributed by atoms with E-state index in [1.54, 1.807) is 0 Å². The smallest absolute Gasteiger partial charge is 0.430 e. The maximum atomic E-state index is 13.1. The van der Waals surface area contributed by atoms with Gasteiger partial charge in [-0.2, -0.15) is 13.2 Å². The first-order chi connectivity index (χ1) is 12.6. The Morgan fingerprint density at radius 3 is 2.59 bits per heavy atom. The van der Waals surface area contributed by atoms with E-state index in [1.807, 2.05) is 0 Å². The van der Waals surface area contributed by atoms with E-state index in [4.69, 9.17) is 37.8 Å². The van der Waals surface area contributed by atoms with E-state index in [-0.39, 0.29) is 33.0 Å². The number of pyridine rings is 1. The third-order valence-corrected chi connectivity index (χ3v) is 4.11. The molecular weight excluding hydrogens is 414 g/mol. The number of benzene rings is 1. The molecule has 11 heteroatoms. The minimum absolute atomic E-state index is 0.0133. The Balaban J connectivity index is 2.05. The highest BCUT2D eigenvalue weighted by Gasteiger charge is 2.48. The molecule has 1 N–H and O–H groups in total. The van der Waals surface area contributed by atoms with Gasteiger partial charge in [-0.15, -0.1) is 4.73 Å². The van der Waals surface area contributed by atoms with E-state index in [0.717, 1.165) is 24.4 Å². The molecule has 0 spiro atoms. The van der Waals surface area contributed by atoms with Gasteiger partial charge in [0.1, 0.15) is 5.75 Å². The number of carboxylic acid groups (broad SMARTS) is 1. The van der Waals surface area contributed by atoms with Gasteiger partial charge in [0.05, 0.1) is 10.6 Å². The fourth-order valence-electron chi connectivity index (χ4n) is 2.34. The molecule has 6 nitrogen and oxygen atoms in total. The summed E-state index contributed by atoms with van der Waals surface area (Å²) in [7, 11) is 0. The number of fused-ring (bicyclic) bond motifs is 1. The zero-order chi connectivity index (χ0) is 19.9. The van der Waals surface area contributed by atoms with E-state index >= 15 is 0 Å². The van der Waals surface area contributed by atoms with Crippen LogP contribution in [0.1, 0.15) is 5.56 Å². The number of hydrogen-bond acceptors (Lipinski definition) is 4. The molecule has 1 atom stereocenters. The Labute approximate surface area is 159 Å². The predicted molar refractivity (Wildman–Crippen MR) is 88.0 cm³/mol. The molecule has 1 aromatic heterocycles. The summed E-state index contributed by atoms with van der Waals surface area (Å²) in [6.07, 6.45) is -5.70. The largest absolute Gasteiger partial charge is 0.616 e. The molecule has 1 aliphatic heterocycles. The van der Waals surface area contributed by atoms with Gasteiger partial charge < -0.3 is 19.8 Å². The molecule has 1 unspecified atom stereocenters. The van der Waals surface area contributed by atoms with Crippen LogP contribution in [0.2, 0.25) is 10.0 Å². The highest BCUT2D eigenvalue weighted by atomic mass is 35.5. The van der Waals surface area contributed by atoms with Crippen molar-refractivity contribution in [3.63, 3.8) is 0 Å². The Bertz CT molecular complexity index is 942. The van der Waals surface area contributed by atoms with Crippen molar-refractivity contribution in [3.8, 4) is 17.4 Å². The third kappa shape index (κ3) is 3.74. The Kier molecular flexibility index (Phi) is 4.83. The number of alkyl halides is 3. The van der Waals surface area contributed by atoms with E-state index in [1.165, 1.54) is 12.1 Å². The van der Waals surface area contributed by atoms with Gasteiger partial charge in [0.25, 0.3) is 0 Å². The van der Waals surface area contributed by atoms with E-state index in [2.05, 4.69) is 0 Å². The number of aliphatic carboxylic acids is 1. The number of carboxylic acids is 1. The van der Waals surface area contributed by atoms with Crippen molar-refractivity contribution in [2.45, 2.75) is 12.3 Å². The van der Waals surface area contributed by atoms with Gasteiger partial charge in [0.15, 0.2) is 17.0 Å². The molecule has 2 aromatic rings. The SMILES string of the molecule is O=C(O)C1=Cc2cc(Cl)c(Oc3c(Cl)ccc[n+]3[O-])cc2OC1C(F)(F)F. The fraction of sp³-hybridized carbons (Fsp3) is 0.125. The van der Waals surface area contributed by atoms with Gasteiger partial charge in [-0.1, -0.05) is 23.2 Å². The van der Waals surface area contributed by atoms with Crippen LogP contribution in [0.25, 0.3) is 6.08 Å². The third-order valence-electron chi connectivity index (χ3n) is 3.52. The average molecular weight is 422 g/mol. The lowest BCUT2D eigenvalue weighted by Gasteiger charge is -2.27. The van der Waals surface area contributed by atoms with Crippen LogP contribution in [0.3, 0.4) is 0 Å². The van der Waals surface area contributed by atoms with Crippen LogP contribution in [0.15, 0.2) is 36.0 Å². The number of aromatic nitrogens is 1. The van der Waals surface area contributed by atoms with Crippen LogP contribution in [-0.4, -0.2) is 23.4 Å². The number of ether oxygens (including phenoxy) is 2. The topological polar surface area (TPSA) is 82.7 Å². The summed E-state index contributed by atoms with van der Waals surface area (Å²) in [6, 6.07) is 4.92. The maximum absolute atomic E-state index is 13.1. The monoisotopic (exact) mass is 421 g/mol. The molecule has 0 radical (unpaired) electrons. The van der Waals surface area contributed by atoms with Gasteiger partial charge >= 0.3 is 18.0 Å². The van der Waals surface area contributed by atoms with E-state index in [9.17, 15) is 23.2 Å². The average Bonchev–Trinajstić information content (AvgIpc) is 2.56. The minimum atomic E-state index is -4.96. The van der Waals surface area contributed by atoms with Crippen molar-refractivity contribution in [2.24, 2.45) is 0 Å². The van der Waals surface area contributed by atoms with Crippen molar-refractivity contribution in [2.75, 3.05) is 0 Å². The van der Waals surface area contributed by atoms with Crippen molar-refractivity contribution < 1.29 is 37.3 Å². The molecule has 27 heavy (non-hydrogen) atoms. The zero-order valence-electron chi connectivity index (χ0n) is 13.0. The summed E-state index contributed by atoms with van der Waals surface area (Å²) in [5, 5.41) is 20.6. The number of nitrogens with zero attached hydrogens (tertiary/aromatic N) is 1. The summed E-state index contributed by atoms with van der Waals surface area (Å²) >= 11 is 11.9. The molecule has 0 amide bonds. The normalized spacial score (nSPS) is 16.2. The summed E-state index contributed by atoms with van der Waals surface area (Å²) in [6.45, 7) is 0. The standard InChI is InChI=1S/C16H8Cl2F3NO5/c17-9-2-1-3-22(25)14(9)27-12-6-11-7(5-10(12)18)4-8(15(23)24)13(26-11)16(19,20)21/h1-6,13H,(H,23,24). The highest BCUT2D eigenvalue weighted by Crippen LogP contribution is 2.42. The van der Waals surface area contributed by atoms with Crippen LogP contribution in [0, 0.1) is 5.21 Å². The van der Waals surface area contributed by atoms with E-state index in [0.29, 0.717) is 4.73 Å². The van der Waals surface area contributed by atoms with Crippen LogP contribution >= 0.6 is 23.2 Å². The number of rotatable bonds is 3. The molecule has 1 aliphatic rings. The van der Waals surface area contributed by atoms with Gasteiger partial charge in [0.2, 0.25) is 6.10 Å². The molecule has 142 valence electrons. The van der Waals surface area contributed by atoms with Crippen LogP contribution in [-0.2, 0) is 4.79 Å². The predicted octanol–water partition coefficient (Wildman–Crippen LogP) is 4.21. The van der Waals surface area contributed by atoms with Gasteiger partial charge in [-0.25, -0.2) is 4.79 Å². The van der Waals surface area contributed by atoms with Crippen molar-refractivity contribution >= 4 is 35.2 Å². The second-order valence-electron chi connectivity index (χ2n) is 5.35. The fourth-order valence-corrected chi connectivity index (χ4v) is 2.75. The molecule has 0 bridgehead atoms. The van der Waals surface area contributed by atoms with Crippen LogP contribution in [0.4, 0.5) is 13.2 Å². The molecule has 3 rings (SSSR count). The van der Waals surface area contributed by atoms with Gasteiger partial charge in [-0.05, 0) is 18.2 Å². The second-order valence-corrected chi connectivity index (χ2v) is 6.17. The lowest BCUT2D eigenvalue weighted by molar-refractivity contribution is -0.611. The Hall–Kier alpha value is -2.65. The number of hydrogen-bond donors (Lipinski definition) is 1. The zero-order valence-corrected chi connectivity index (χ0v) is 14.5. The first-order valence-corrected chi connectivity index (χ1v) is 7.91. The molecule has 0 fully saturated rings. The Morgan fingerprint density at radius 1 is 1.30 bits per heavy atom. The molecule has 0 aliphatic carbocycles. The first kappa shape index (κ1) is 19.1. The molecule has 1 aromatic carbocycles. The van der Waals surface area contributed by atoms with Crippen molar-refractivity contribution in [3.05, 3.63) is 56.9 Å². The highest BCUT2D eigenvalue weighted by molar-refractivity contribution is 6.32. The van der Waals surface area contributed by atoms with Crippen LogP contribution in [0.5, 0.6) is 17.4 Å². The van der Waals surface area contributed by atoms with Crippen molar-refractivity contribution in [1.29, 1.82) is 0 Å². The van der Waals surface area contributed by atoms with Crippen molar-refractivity contribution in [1.82, 2.24) is 0 Å². The molecule has 0 saturated heterocycles.